The van der Waals surface area contributed by atoms with E-state index >= 15 is 0 Å². The molecule has 0 saturated heterocycles. The Kier molecular flexibility index (Phi) is 5.66. The standard InChI is InChI=1S/C25H24ClN3O2S/c1-15(2)31-25(30)28-24-22(29-13-5-6-14-29)21-20(16-9-11-17(26)12-10-16)18-7-3-4-8-19(18)27-23(21)32-24/h5-6,9-15H,3-4,7-8H2,1-2H3,(H,28,30). The molecule has 32 heavy (non-hydrogen) atoms. The van der Waals surface area contributed by atoms with Crippen LogP contribution in [0.2, 0.25) is 5.02 Å². The number of carbonyl (C=O) groups is 1. The monoisotopic (exact) mass is 465 g/mol. The maximum atomic E-state index is 12.5. The van der Waals surface area contributed by atoms with Gasteiger partial charge < -0.3 is 9.30 Å². The number of hydrogen-bond acceptors (Lipinski definition) is 4. The van der Waals surface area contributed by atoms with E-state index in [2.05, 4.69) is 17.4 Å². The van der Waals surface area contributed by atoms with Crippen molar-refractivity contribution >= 4 is 44.2 Å². The minimum atomic E-state index is -0.460. The molecule has 0 atom stereocenters. The van der Waals surface area contributed by atoms with Crippen LogP contribution in [0.5, 0.6) is 0 Å². The molecule has 1 aliphatic rings. The number of carbonyl (C=O) groups excluding carboxylic acids is 1. The van der Waals surface area contributed by atoms with Crippen molar-refractivity contribution in [2.45, 2.75) is 45.6 Å². The number of halogens is 1. The van der Waals surface area contributed by atoms with Gasteiger partial charge >= 0.3 is 6.09 Å². The summed E-state index contributed by atoms with van der Waals surface area (Å²) in [5.74, 6) is 0. The van der Waals surface area contributed by atoms with Gasteiger partial charge in [0.15, 0.2) is 0 Å². The molecule has 0 saturated carbocycles. The normalized spacial score (nSPS) is 13.4. The second kappa shape index (κ2) is 8.60. The van der Waals surface area contributed by atoms with Gasteiger partial charge in [-0.3, -0.25) is 5.32 Å². The van der Waals surface area contributed by atoms with Crippen LogP contribution in [0, 0.1) is 0 Å². The van der Waals surface area contributed by atoms with Crippen molar-refractivity contribution in [2.24, 2.45) is 0 Å². The number of thiophene rings is 1. The van der Waals surface area contributed by atoms with E-state index in [1.807, 2.05) is 55.1 Å². The Morgan fingerprint density at radius 3 is 2.59 bits per heavy atom. The highest BCUT2D eigenvalue weighted by Crippen LogP contribution is 2.46. The molecule has 0 fully saturated rings. The molecule has 3 aromatic heterocycles. The Balaban J connectivity index is 1.80. The van der Waals surface area contributed by atoms with Gasteiger partial charge in [0.05, 0.1) is 11.8 Å². The fraction of sp³-hybridized carbons (Fsp3) is 0.280. The zero-order valence-corrected chi connectivity index (χ0v) is 19.6. The smallest absolute Gasteiger partial charge is 0.412 e. The zero-order chi connectivity index (χ0) is 22.2. The molecule has 0 aliphatic heterocycles. The average Bonchev–Trinajstić information content (AvgIpc) is 3.39. The molecule has 164 valence electrons. The van der Waals surface area contributed by atoms with E-state index in [1.54, 1.807) is 0 Å². The first-order chi connectivity index (χ1) is 15.5. The van der Waals surface area contributed by atoms with Crippen molar-refractivity contribution in [1.82, 2.24) is 9.55 Å². The molecular weight excluding hydrogens is 442 g/mol. The van der Waals surface area contributed by atoms with Gasteiger partial charge in [-0.15, -0.1) is 0 Å². The first kappa shape index (κ1) is 21.0. The summed E-state index contributed by atoms with van der Waals surface area (Å²) in [5.41, 5.74) is 5.68. The van der Waals surface area contributed by atoms with Gasteiger partial charge in [0.2, 0.25) is 0 Å². The largest absolute Gasteiger partial charge is 0.447 e. The van der Waals surface area contributed by atoms with Crippen LogP contribution in [0.15, 0.2) is 48.8 Å². The lowest BCUT2D eigenvalue weighted by atomic mass is 9.87. The van der Waals surface area contributed by atoms with E-state index in [-0.39, 0.29) is 6.10 Å². The van der Waals surface area contributed by atoms with Crippen LogP contribution in [-0.2, 0) is 17.6 Å². The summed E-state index contributed by atoms with van der Waals surface area (Å²) in [4.78, 5) is 18.5. The third kappa shape index (κ3) is 3.89. The first-order valence-electron chi connectivity index (χ1n) is 10.9. The molecule has 1 aliphatic carbocycles. The molecule has 5 rings (SSSR count). The molecule has 1 amide bonds. The number of aryl methyl sites for hydroxylation is 1. The van der Waals surface area contributed by atoms with Crippen LogP contribution in [0.1, 0.15) is 37.9 Å². The van der Waals surface area contributed by atoms with Gasteiger partial charge in [0, 0.05) is 28.5 Å². The number of benzene rings is 1. The number of hydrogen-bond donors (Lipinski definition) is 1. The molecule has 0 spiro atoms. The van der Waals surface area contributed by atoms with Crippen molar-refractivity contribution in [3.05, 3.63) is 65.1 Å². The maximum absolute atomic E-state index is 12.5. The second-order valence-corrected chi connectivity index (χ2v) is 9.69. The van der Waals surface area contributed by atoms with Crippen LogP contribution in [0.4, 0.5) is 9.80 Å². The third-order valence-electron chi connectivity index (χ3n) is 5.65. The average molecular weight is 466 g/mol. The van der Waals surface area contributed by atoms with Crippen molar-refractivity contribution in [1.29, 1.82) is 0 Å². The molecule has 7 heteroatoms. The van der Waals surface area contributed by atoms with Crippen molar-refractivity contribution in [2.75, 3.05) is 5.32 Å². The fourth-order valence-corrected chi connectivity index (χ4v) is 5.57. The predicted molar refractivity (Wildman–Crippen MR) is 131 cm³/mol. The van der Waals surface area contributed by atoms with Gasteiger partial charge in [-0.1, -0.05) is 35.1 Å². The number of anilines is 1. The van der Waals surface area contributed by atoms with Crippen molar-refractivity contribution in [3.8, 4) is 16.8 Å². The summed E-state index contributed by atoms with van der Waals surface area (Å²) in [7, 11) is 0. The number of nitrogens with zero attached hydrogens (tertiary/aromatic N) is 2. The molecule has 5 nitrogen and oxygen atoms in total. The number of amides is 1. The van der Waals surface area contributed by atoms with Crippen molar-refractivity contribution in [3.63, 3.8) is 0 Å². The Bertz CT molecular complexity index is 1280. The first-order valence-corrected chi connectivity index (χ1v) is 12.1. The van der Waals surface area contributed by atoms with Gasteiger partial charge in [0.1, 0.15) is 9.83 Å². The molecule has 1 N–H and O–H groups in total. The lowest BCUT2D eigenvalue weighted by Crippen LogP contribution is -2.18. The summed E-state index contributed by atoms with van der Waals surface area (Å²) in [6, 6.07) is 12.0. The molecule has 0 radical (unpaired) electrons. The SMILES string of the molecule is CC(C)OC(=O)Nc1sc2nc3c(c(-c4ccc(Cl)cc4)c2c1-n1cccc1)CCCC3. The number of pyridine rings is 1. The molecule has 1 aromatic carbocycles. The minimum absolute atomic E-state index is 0.200. The second-order valence-electron chi connectivity index (χ2n) is 8.26. The number of ether oxygens (including phenoxy) is 1. The highest BCUT2D eigenvalue weighted by Gasteiger charge is 2.26. The topological polar surface area (TPSA) is 56.1 Å². The van der Waals surface area contributed by atoms with Crippen LogP contribution in [0.3, 0.4) is 0 Å². The molecule has 0 unspecified atom stereocenters. The zero-order valence-electron chi connectivity index (χ0n) is 18.0. The minimum Gasteiger partial charge on any atom is -0.447 e. The molecule has 0 bridgehead atoms. The van der Waals surface area contributed by atoms with Crippen LogP contribution in [-0.4, -0.2) is 21.7 Å². The number of rotatable bonds is 4. The van der Waals surface area contributed by atoms with Gasteiger partial charge in [-0.05, 0) is 80.5 Å². The van der Waals surface area contributed by atoms with E-state index in [1.165, 1.54) is 22.5 Å². The fourth-order valence-electron chi connectivity index (χ4n) is 4.36. The van der Waals surface area contributed by atoms with Crippen LogP contribution in [0.25, 0.3) is 27.0 Å². The van der Waals surface area contributed by atoms with E-state index in [0.717, 1.165) is 57.8 Å². The van der Waals surface area contributed by atoms with E-state index < -0.39 is 6.09 Å². The number of fused-ring (bicyclic) bond motifs is 2. The maximum Gasteiger partial charge on any atom is 0.412 e. The highest BCUT2D eigenvalue weighted by atomic mass is 35.5. The number of nitrogens with one attached hydrogen (secondary N) is 1. The Morgan fingerprint density at radius 1 is 1.16 bits per heavy atom. The van der Waals surface area contributed by atoms with E-state index in [0.29, 0.717) is 5.02 Å². The summed E-state index contributed by atoms with van der Waals surface area (Å²) < 4.78 is 7.40. The Labute approximate surface area is 196 Å². The van der Waals surface area contributed by atoms with Crippen LogP contribution >= 0.6 is 22.9 Å². The van der Waals surface area contributed by atoms with Gasteiger partial charge in [0.25, 0.3) is 0 Å². The van der Waals surface area contributed by atoms with Crippen LogP contribution < -0.4 is 5.32 Å². The lowest BCUT2D eigenvalue weighted by molar-refractivity contribution is 0.130. The lowest BCUT2D eigenvalue weighted by Gasteiger charge is -2.21. The Morgan fingerprint density at radius 2 is 1.88 bits per heavy atom. The van der Waals surface area contributed by atoms with E-state index in [4.69, 9.17) is 21.3 Å². The molecule has 3 heterocycles. The predicted octanol–water partition coefficient (Wildman–Crippen LogP) is 7.24. The quantitative estimate of drug-likeness (QED) is 0.345. The third-order valence-corrected chi connectivity index (χ3v) is 6.89. The van der Waals surface area contributed by atoms with E-state index in [9.17, 15) is 4.79 Å². The van der Waals surface area contributed by atoms with Crippen molar-refractivity contribution < 1.29 is 9.53 Å². The summed E-state index contributed by atoms with van der Waals surface area (Å²) in [6.45, 7) is 3.68. The van der Waals surface area contributed by atoms with Gasteiger partial charge in [-0.2, -0.15) is 0 Å². The van der Waals surface area contributed by atoms with Gasteiger partial charge in [-0.25, -0.2) is 9.78 Å². The Hall–Kier alpha value is -2.83. The number of aromatic nitrogens is 2. The summed E-state index contributed by atoms with van der Waals surface area (Å²) in [5, 5.41) is 5.46. The summed E-state index contributed by atoms with van der Waals surface area (Å²) >= 11 is 7.69. The molecular formula is C25H24ClN3O2S. The molecule has 4 aromatic rings. The summed E-state index contributed by atoms with van der Waals surface area (Å²) in [6.07, 6.45) is 7.59. The highest BCUT2D eigenvalue weighted by molar-refractivity contribution is 7.23.